The number of hydrogen-bond acceptors (Lipinski definition) is 2. The Morgan fingerprint density at radius 2 is 1.61 bits per heavy atom. The third-order valence-corrected chi connectivity index (χ3v) is 3.06. The predicted molar refractivity (Wildman–Crippen MR) is 73.5 cm³/mol. The van der Waals surface area contributed by atoms with Gasteiger partial charge in [0.05, 0.1) is 14.2 Å². The monoisotopic (exact) mass is 242 g/mol. The van der Waals surface area contributed by atoms with Crippen LogP contribution in [0.4, 0.5) is 0 Å². The molecule has 0 aliphatic heterocycles. The van der Waals surface area contributed by atoms with E-state index in [9.17, 15) is 0 Å². The summed E-state index contributed by atoms with van der Waals surface area (Å²) < 4.78 is 10.7. The van der Waals surface area contributed by atoms with Gasteiger partial charge in [-0.15, -0.1) is 0 Å². The summed E-state index contributed by atoms with van der Waals surface area (Å²) in [5.74, 6) is 1.86. The van der Waals surface area contributed by atoms with Gasteiger partial charge < -0.3 is 9.47 Å². The first-order valence-electron chi connectivity index (χ1n) is 6.00. The number of benzene rings is 2. The lowest BCUT2D eigenvalue weighted by molar-refractivity contribution is 0.409. The topological polar surface area (TPSA) is 18.5 Å². The number of methoxy groups -OCH3 is 2. The molecule has 0 aliphatic carbocycles. The predicted octanol–water partition coefficient (Wildman–Crippen LogP) is 3.60. The highest BCUT2D eigenvalue weighted by molar-refractivity contribution is 5.42. The van der Waals surface area contributed by atoms with Gasteiger partial charge in [0.1, 0.15) is 11.5 Å². The fourth-order valence-electron chi connectivity index (χ4n) is 2.04. The van der Waals surface area contributed by atoms with Gasteiger partial charge in [0.2, 0.25) is 0 Å². The molecule has 2 rings (SSSR count). The fourth-order valence-corrected chi connectivity index (χ4v) is 2.04. The van der Waals surface area contributed by atoms with Crippen LogP contribution in [0.5, 0.6) is 11.5 Å². The van der Waals surface area contributed by atoms with Crippen LogP contribution in [0.1, 0.15) is 16.7 Å². The second kappa shape index (κ2) is 5.58. The zero-order valence-corrected chi connectivity index (χ0v) is 11.1. The lowest BCUT2D eigenvalue weighted by Crippen LogP contribution is -1.95. The van der Waals surface area contributed by atoms with Crippen LogP contribution in [0.2, 0.25) is 0 Å². The Labute approximate surface area is 108 Å². The van der Waals surface area contributed by atoms with Crippen molar-refractivity contribution in [2.24, 2.45) is 0 Å². The fraction of sp³-hybridized carbons (Fsp3) is 0.250. The molecule has 0 amide bonds. The Hall–Kier alpha value is -1.96. The van der Waals surface area contributed by atoms with Crippen LogP contribution in [-0.2, 0) is 6.42 Å². The first-order valence-corrected chi connectivity index (χ1v) is 6.00. The number of rotatable bonds is 4. The van der Waals surface area contributed by atoms with Crippen molar-refractivity contribution in [2.75, 3.05) is 14.2 Å². The van der Waals surface area contributed by atoms with Crippen molar-refractivity contribution in [1.29, 1.82) is 0 Å². The average Bonchev–Trinajstić information content (AvgIpc) is 2.41. The summed E-state index contributed by atoms with van der Waals surface area (Å²) >= 11 is 0. The third kappa shape index (κ3) is 2.65. The van der Waals surface area contributed by atoms with Crippen LogP contribution in [-0.4, -0.2) is 14.2 Å². The lowest BCUT2D eigenvalue weighted by Gasteiger charge is -2.10. The van der Waals surface area contributed by atoms with E-state index >= 15 is 0 Å². The van der Waals surface area contributed by atoms with Gasteiger partial charge >= 0.3 is 0 Å². The number of ether oxygens (including phenoxy) is 2. The molecule has 0 atom stereocenters. The molecule has 0 aromatic heterocycles. The van der Waals surface area contributed by atoms with E-state index < -0.39 is 0 Å². The first-order chi connectivity index (χ1) is 8.74. The summed E-state index contributed by atoms with van der Waals surface area (Å²) in [5, 5.41) is 0. The molecule has 0 saturated heterocycles. The molecule has 0 saturated carbocycles. The summed E-state index contributed by atoms with van der Waals surface area (Å²) in [6.07, 6.45) is 0.848. The Morgan fingerprint density at radius 3 is 2.33 bits per heavy atom. The standard InChI is InChI=1S/C16H18O2/c1-12-8-9-13(11-16(12)18-3)10-14-6-4-5-7-15(14)17-2/h4-9,11H,10H2,1-3H3. The van der Waals surface area contributed by atoms with E-state index in [2.05, 4.69) is 24.3 Å². The minimum atomic E-state index is 0.848. The summed E-state index contributed by atoms with van der Waals surface area (Å²) in [4.78, 5) is 0. The molecular formula is C16H18O2. The van der Waals surface area contributed by atoms with E-state index in [-0.39, 0.29) is 0 Å². The Bertz CT molecular complexity index is 532. The average molecular weight is 242 g/mol. The molecule has 0 fully saturated rings. The number of para-hydroxylation sites is 1. The van der Waals surface area contributed by atoms with Gasteiger partial charge in [-0.05, 0) is 35.7 Å². The molecule has 18 heavy (non-hydrogen) atoms. The molecule has 2 heteroatoms. The van der Waals surface area contributed by atoms with Gasteiger partial charge in [0.15, 0.2) is 0 Å². The van der Waals surface area contributed by atoms with Crippen molar-refractivity contribution in [1.82, 2.24) is 0 Å². The molecule has 0 heterocycles. The van der Waals surface area contributed by atoms with Crippen LogP contribution < -0.4 is 9.47 Å². The SMILES string of the molecule is COc1cc(Cc2ccccc2OC)ccc1C. The van der Waals surface area contributed by atoms with Crippen molar-refractivity contribution < 1.29 is 9.47 Å². The Kier molecular flexibility index (Phi) is 3.88. The maximum atomic E-state index is 5.37. The van der Waals surface area contributed by atoms with Crippen LogP contribution in [0.15, 0.2) is 42.5 Å². The molecule has 2 aromatic rings. The van der Waals surface area contributed by atoms with Crippen molar-refractivity contribution in [3.63, 3.8) is 0 Å². The molecular weight excluding hydrogens is 224 g/mol. The van der Waals surface area contributed by atoms with E-state index in [1.54, 1.807) is 14.2 Å². The smallest absolute Gasteiger partial charge is 0.122 e. The quantitative estimate of drug-likeness (QED) is 0.815. The third-order valence-electron chi connectivity index (χ3n) is 3.06. The molecule has 2 aromatic carbocycles. The molecule has 0 aliphatic rings. The van der Waals surface area contributed by atoms with E-state index in [0.29, 0.717) is 0 Å². The van der Waals surface area contributed by atoms with E-state index in [4.69, 9.17) is 9.47 Å². The number of hydrogen-bond donors (Lipinski definition) is 0. The normalized spacial score (nSPS) is 10.2. The maximum Gasteiger partial charge on any atom is 0.122 e. The molecule has 94 valence electrons. The molecule has 0 unspecified atom stereocenters. The number of aryl methyl sites for hydroxylation is 1. The summed E-state index contributed by atoms with van der Waals surface area (Å²) in [7, 11) is 3.41. The zero-order chi connectivity index (χ0) is 13.0. The minimum Gasteiger partial charge on any atom is -0.496 e. The van der Waals surface area contributed by atoms with Gasteiger partial charge in [-0.3, -0.25) is 0 Å². The summed E-state index contributed by atoms with van der Waals surface area (Å²) in [6, 6.07) is 14.4. The lowest BCUT2D eigenvalue weighted by atomic mass is 10.0. The van der Waals surface area contributed by atoms with Gasteiger partial charge in [-0.2, -0.15) is 0 Å². The van der Waals surface area contributed by atoms with E-state index in [0.717, 1.165) is 23.5 Å². The van der Waals surface area contributed by atoms with Crippen molar-refractivity contribution in [2.45, 2.75) is 13.3 Å². The van der Waals surface area contributed by atoms with Gasteiger partial charge in [-0.25, -0.2) is 0 Å². The van der Waals surface area contributed by atoms with Gasteiger partial charge in [0, 0.05) is 6.42 Å². The second-order valence-electron chi connectivity index (χ2n) is 4.29. The van der Waals surface area contributed by atoms with Crippen molar-refractivity contribution >= 4 is 0 Å². The highest BCUT2D eigenvalue weighted by Crippen LogP contribution is 2.24. The summed E-state index contributed by atoms with van der Waals surface area (Å²) in [5.41, 5.74) is 3.56. The highest BCUT2D eigenvalue weighted by atomic mass is 16.5. The van der Waals surface area contributed by atoms with Gasteiger partial charge in [0.25, 0.3) is 0 Å². The van der Waals surface area contributed by atoms with Crippen LogP contribution >= 0.6 is 0 Å². The highest BCUT2D eigenvalue weighted by Gasteiger charge is 2.05. The van der Waals surface area contributed by atoms with Crippen molar-refractivity contribution in [3.8, 4) is 11.5 Å². The largest absolute Gasteiger partial charge is 0.496 e. The molecule has 0 N–H and O–H groups in total. The zero-order valence-electron chi connectivity index (χ0n) is 11.1. The first kappa shape index (κ1) is 12.5. The van der Waals surface area contributed by atoms with Crippen LogP contribution in [0.3, 0.4) is 0 Å². The molecule has 0 spiro atoms. The Morgan fingerprint density at radius 1 is 0.889 bits per heavy atom. The van der Waals surface area contributed by atoms with Crippen LogP contribution in [0.25, 0.3) is 0 Å². The maximum absolute atomic E-state index is 5.37. The molecule has 2 nitrogen and oxygen atoms in total. The molecule has 0 radical (unpaired) electrons. The van der Waals surface area contributed by atoms with E-state index in [1.165, 1.54) is 11.1 Å². The Balaban J connectivity index is 2.28. The van der Waals surface area contributed by atoms with E-state index in [1.807, 2.05) is 25.1 Å². The minimum absolute atomic E-state index is 0.848. The second-order valence-corrected chi connectivity index (χ2v) is 4.29. The van der Waals surface area contributed by atoms with Crippen LogP contribution in [0, 0.1) is 6.92 Å². The molecule has 0 bridgehead atoms. The van der Waals surface area contributed by atoms with Gasteiger partial charge in [-0.1, -0.05) is 30.3 Å². The van der Waals surface area contributed by atoms with Crippen molar-refractivity contribution in [3.05, 3.63) is 59.2 Å². The summed E-state index contributed by atoms with van der Waals surface area (Å²) in [6.45, 7) is 2.05.